The largest absolute Gasteiger partial charge is 0.748 e. The minimum Gasteiger partial charge on any atom is -0.748 e. The van der Waals surface area contributed by atoms with E-state index in [9.17, 15) is 13.0 Å². The lowest BCUT2D eigenvalue weighted by Gasteiger charge is -2.06. The Balaban J connectivity index is 0.00000200. The van der Waals surface area contributed by atoms with Gasteiger partial charge in [-0.15, -0.1) is 0 Å². The van der Waals surface area contributed by atoms with Gasteiger partial charge in [0.05, 0.1) is 22.6 Å². The quantitative estimate of drug-likeness (QED) is 0.583. The van der Waals surface area contributed by atoms with Gasteiger partial charge in [0.15, 0.2) is 6.20 Å². The standard InChI is InChI=1S/C13H15NO4S.H2O/c1-18-12-5-6-13-11(10-12)4-2-7-14(13)8-3-9-19(15,16)17;/h2,4-7,10H,3,8-9H2,1H3;1H2. The van der Waals surface area contributed by atoms with Crippen LogP contribution in [0.2, 0.25) is 0 Å². The predicted molar refractivity (Wildman–Crippen MR) is 73.5 cm³/mol. The van der Waals surface area contributed by atoms with Crippen LogP contribution >= 0.6 is 0 Å². The van der Waals surface area contributed by atoms with Crippen molar-refractivity contribution in [2.24, 2.45) is 0 Å². The minimum atomic E-state index is -4.14. The first-order valence-corrected chi connectivity index (χ1v) is 7.47. The molecule has 0 fully saturated rings. The molecule has 0 radical (unpaired) electrons. The molecule has 1 aromatic carbocycles. The van der Waals surface area contributed by atoms with Crippen molar-refractivity contribution in [3.05, 3.63) is 36.5 Å². The molecule has 2 aromatic rings. The summed E-state index contributed by atoms with van der Waals surface area (Å²) in [5.41, 5.74) is 0.978. The summed E-state index contributed by atoms with van der Waals surface area (Å²) in [5, 5.41) is 1.01. The third-order valence-electron chi connectivity index (χ3n) is 2.88. The van der Waals surface area contributed by atoms with Crippen LogP contribution in [-0.4, -0.2) is 31.3 Å². The summed E-state index contributed by atoms with van der Waals surface area (Å²) in [6.45, 7) is 0.491. The van der Waals surface area contributed by atoms with E-state index < -0.39 is 10.1 Å². The van der Waals surface area contributed by atoms with Crippen LogP contribution in [0.1, 0.15) is 6.42 Å². The van der Waals surface area contributed by atoms with E-state index >= 15 is 0 Å². The van der Waals surface area contributed by atoms with Crippen LogP contribution in [0.4, 0.5) is 0 Å². The van der Waals surface area contributed by atoms with Crippen LogP contribution in [0.5, 0.6) is 5.75 Å². The molecule has 110 valence electrons. The van der Waals surface area contributed by atoms with Gasteiger partial charge in [-0.3, -0.25) is 0 Å². The van der Waals surface area contributed by atoms with Crippen LogP contribution in [-0.2, 0) is 16.7 Å². The van der Waals surface area contributed by atoms with E-state index in [4.69, 9.17) is 4.74 Å². The number of aromatic nitrogens is 1. The van der Waals surface area contributed by atoms with E-state index in [0.717, 1.165) is 16.7 Å². The van der Waals surface area contributed by atoms with E-state index in [1.165, 1.54) is 0 Å². The van der Waals surface area contributed by atoms with Crippen molar-refractivity contribution < 1.29 is 27.8 Å². The zero-order valence-electron chi connectivity index (χ0n) is 11.1. The number of rotatable bonds is 5. The van der Waals surface area contributed by atoms with Crippen molar-refractivity contribution in [2.75, 3.05) is 12.9 Å². The van der Waals surface area contributed by atoms with Crippen molar-refractivity contribution >= 4 is 21.0 Å². The fourth-order valence-corrected chi connectivity index (χ4v) is 2.47. The van der Waals surface area contributed by atoms with Crippen molar-refractivity contribution in [3.63, 3.8) is 0 Å². The molecule has 0 saturated carbocycles. The highest BCUT2D eigenvalue weighted by molar-refractivity contribution is 7.85. The second-order valence-corrected chi connectivity index (χ2v) is 5.77. The molecule has 0 unspecified atom stereocenters. The third-order valence-corrected chi connectivity index (χ3v) is 3.67. The van der Waals surface area contributed by atoms with E-state index in [1.54, 1.807) is 7.11 Å². The SMILES string of the molecule is COc1ccc2c(ccc[n+]2CCCS(=O)(=O)[O-])c1.O. The fraction of sp³-hybridized carbons (Fsp3) is 0.308. The number of hydrogen-bond donors (Lipinski definition) is 0. The van der Waals surface area contributed by atoms with Gasteiger partial charge in [0.2, 0.25) is 5.52 Å². The highest BCUT2D eigenvalue weighted by Crippen LogP contribution is 2.17. The molecule has 0 atom stereocenters. The second kappa shape index (κ2) is 6.65. The van der Waals surface area contributed by atoms with Crippen LogP contribution in [0.25, 0.3) is 10.9 Å². The van der Waals surface area contributed by atoms with E-state index in [1.807, 2.05) is 41.1 Å². The number of pyridine rings is 1. The van der Waals surface area contributed by atoms with Crippen LogP contribution < -0.4 is 9.30 Å². The molecular formula is C13H17NO5S. The first kappa shape index (κ1) is 16.4. The molecule has 0 aliphatic rings. The van der Waals surface area contributed by atoms with E-state index in [-0.39, 0.29) is 11.2 Å². The van der Waals surface area contributed by atoms with Gasteiger partial charge in [-0.05, 0) is 18.2 Å². The molecule has 7 heteroatoms. The summed E-state index contributed by atoms with van der Waals surface area (Å²) in [7, 11) is -2.53. The average Bonchev–Trinajstić information content (AvgIpc) is 2.37. The molecule has 6 nitrogen and oxygen atoms in total. The second-order valence-electron chi connectivity index (χ2n) is 4.24. The molecule has 0 spiro atoms. The van der Waals surface area contributed by atoms with Crippen LogP contribution in [0.15, 0.2) is 36.5 Å². The monoisotopic (exact) mass is 299 g/mol. The van der Waals surface area contributed by atoms with Crippen molar-refractivity contribution in [2.45, 2.75) is 13.0 Å². The molecule has 2 N–H and O–H groups in total. The number of benzene rings is 1. The first-order valence-electron chi connectivity index (χ1n) is 5.89. The minimum absolute atomic E-state index is 0. The highest BCUT2D eigenvalue weighted by Gasteiger charge is 2.09. The third kappa shape index (κ3) is 4.16. The summed E-state index contributed by atoms with van der Waals surface area (Å²) >= 11 is 0. The zero-order valence-corrected chi connectivity index (χ0v) is 11.9. The number of ether oxygens (including phenoxy) is 1. The molecular weight excluding hydrogens is 282 g/mol. The topological polar surface area (TPSA) is 102 Å². The fourth-order valence-electron chi connectivity index (χ4n) is 1.99. The molecule has 0 amide bonds. The van der Waals surface area contributed by atoms with Gasteiger partial charge >= 0.3 is 0 Å². The average molecular weight is 299 g/mol. The normalized spacial score (nSPS) is 11.1. The Morgan fingerprint density at radius 2 is 2.05 bits per heavy atom. The van der Waals surface area contributed by atoms with Crippen LogP contribution in [0, 0.1) is 0 Å². The molecule has 0 saturated heterocycles. The number of nitrogens with zero attached hydrogens (tertiary/aromatic N) is 1. The summed E-state index contributed by atoms with van der Waals surface area (Å²) in [6, 6.07) is 9.52. The number of hydrogen-bond acceptors (Lipinski definition) is 4. The van der Waals surface area contributed by atoms with E-state index in [0.29, 0.717) is 13.0 Å². The summed E-state index contributed by atoms with van der Waals surface area (Å²) in [4.78, 5) is 0. The van der Waals surface area contributed by atoms with Gasteiger partial charge in [0, 0.05) is 24.3 Å². The Morgan fingerprint density at radius 3 is 2.70 bits per heavy atom. The molecule has 0 aliphatic carbocycles. The van der Waals surface area contributed by atoms with Gasteiger partial charge in [0.1, 0.15) is 12.3 Å². The Hall–Kier alpha value is -1.70. The smallest absolute Gasteiger partial charge is 0.212 e. The molecule has 1 heterocycles. The maximum Gasteiger partial charge on any atom is 0.212 e. The molecule has 1 aromatic heterocycles. The Kier molecular flexibility index (Phi) is 5.43. The predicted octanol–water partition coefficient (Wildman–Crippen LogP) is 0.246. The number of aryl methyl sites for hydroxylation is 1. The number of methoxy groups -OCH3 is 1. The zero-order chi connectivity index (χ0) is 13.9. The van der Waals surface area contributed by atoms with Gasteiger partial charge in [-0.25, -0.2) is 8.42 Å². The lowest BCUT2D eigenvalue weighted by Crippen LogP contribution is -2.34. The molecule has 0 bridgehead atoms. The molecule has 20 heavy (non-hydrogen) atoms. The van der Waals surface area contributed by atoms with Gasteiger partial charge in [-0.1, -0.05) is 0 Å². The van der Waals surface area contributed by atoms with E-state index in [2.05, 4.69) is 0 Å². The summed E-state index contributed by atoms with van der Waals surface area (Å²) in [5.74, 6) is 0.430. The molecule has 2 rings (SSSR count). The van der Waals surface area contributed by atoms with Gasteiger partial charge in [-0.2, -0.15) is 4.57 Å². The summed E-state index contributed by atoms with van der Waals surface area (Å²) in [6.07, 6.45) is 2.17. The van der Waals surface area contributed by atoms with Gasteiger partial charge < -0.3 is 14.8 Å². The lowest BCUT2D eigenvalue weighted by atomic mass is 10.2. The highest BCUT2D eigenvalue weighted by atomic mass is 32.2. The molecule has 0 aliphatic heterocycles. The van der Waals surface area contributed by atoms with Crippen molar-refractivity contribution in [3.8, 4) is 5.75 Å². The lowest BCUT2D eigenvalue weighted by molar-refractivity contribution is -0.671. The van der Waals surface area contributed by atoms with Gasteiger partial charge in [0.25, 0.3) is 0 Å². The first-order chi connectivity index (χ1) is 8.99. The Morgan fingerprint density at radius 1 is 1.30 bits per heavy atom. The van der Waals surface area contributed by atoms with Crippen LogP contribution in [0.3, 0.4) is 0 Å². The summed E-state index contributed by atoms with van der Waals surface area (Å²) < 4.78 is 38.9. The Bertz CT molecular complexity index is 684. The van der Waals surface area contributed by atoms with Crippen molar-refractivity contribution in [1.29, 1.82) is 0 Å². The Labute approximate surface area is 117 Å². The van der Waals surface area contributed by atoms with Crippen molar-refractivity contribution in [1.82, 2.24) is 0 Å². The maximum atomic E-state index is 10.6. The number of fused-ring (bicyclic) bond motifs is 1. The maximum absolute atomic E-state index is 10.6.